The van der Waals surface area contributed by atoms with E-state index >= 15 is 0 Å². The van der Waals surface area contributed by atoms with Gasteiger partial charge in [0.25, 0.3) is 0 Å². The van der Waals surface area contributed by atoms with Crippen molar-refractivity contribution in [3.8, 4) is 0 Å². The molecule has 118 valence electrons. The van der Waals surface area contributed by atoms with Crippen LogP contribution in [0.25, 0.3) is 0 Å². The average molecular weight is 330 g/mol. The van der Waals surface area contributed by atoms with Gasteiger partial charge in [-0.15, -0.1) is 0 Å². The summed E-state index contributed by atoms with van der Waals surface area (Å²) in [6.45, 7) is 3.21. The summed E-state index contributed by atoms with van der Waals surface area (Å²) < 4.78 is 13.6. The molecule has 0 aliphatic carbocycles. The minimum atomic E-state index is -0.308. The summed E-state index contributed by atoms with van der Waals surface area (Å²) in [5.41, 5.74) is 1.04. The van der Waals surface area contributed by atoms with E-state index in [1.807, 2.05) is 6.07 Å². The Morgan fingerprint density at radius 1 is 1.38 bits per heavy atom. The van der Waals surface area contributed by atoms with Crippen LogP contribution in [0.1, 0.15) is 38.2 Å². The molecule has 0 bridgehead atoms. The molecule has 0 radical (unpaired) electrons. The van der Waals surface area contributed by atoms with E-state index in [0.717, 1.165) is 30.9 Å². The zero-order chi connectivity index (χ0) is 15.1. The van der Waals surface area contributed by atoms with Crippen LogP contribution in [0.3, 0.4) is 0 Å². The van der Waals surface area contributed by atoms with Gasteiger partial charge in [0.15, 0.2) is 0 Å². The van der Waals surface area contributed by atoms with Crippen LogP contribution in [-0.4, -0.2) is 24.1 Å². The highest BCUT2D eigenvalue weighted by molar-refractivity contribution is 7.99. The zero-order valence-electron chi connectivity index (χ0n) is 12.7. The molecule has 1 atom stereocenters. The minimum Gasteiger partial charge on any atom is -0.314 e. The molecule has 1 aliphatic heterocycles. The average Bonchev–Trinajstić information content (AvgIpc) is 2.49. The molecule has 1 unspecified atom stereocenters. The Hall–Kier alpha value is -0.250. The molecule has 1 aromatic carbocycles. The Morgan fingerprint density at radius 3 is 2.81 bits per heavy atom. The summed E-state index contributed by atoms with van der Waals surface area (Å²) in [6.07, 6.45) is 5.86. The SMILES string of the molecule is CCCNC(Cc1ccc(Cl)c(F)c1)CC1CCSCC1. The lowest BCUT2D eigenvalue weighted by molar-refractivity contribution is 0.362. The molecule has 21 heavy (non-hydrogen) atoms. The van der Waals surface area contributed by atoms with Crippen LogP contribution in [-0.2, 0) is 6.42 Å². The summed E-state index contributed by atoms with van der Waals surface area (Å²) in [7, 11) is 0. The highest BCUT2D eigenvalue weighted by Crippen LogP contribution is 2.27. The number of rotatable bonds is 7. The van der Waals surface area contributed by atoms with Crippen molar-refractivity contribution >= 4 is 23.4 Å². The van der Waals surface area contributed by atoms with Crippen molar-refractivity contribution in [1.82, 2.24) is 5.32 Å². The normalized spacial score (nSPS) is 17.9. The summed E-state index contributed by atoms with van der Waals surface area (Å²) in [5.74, 6) is 3.09. The molecule has 0 aromatic heterocycles. The Bertz CT molecular complexity index is 435. The number of nitrogens with one attached hydrogen (secondary N) is 1. The predicted octanol–water partition coefficient (Wildman–Crippen LogP) is 4.92. The van der Waals surface area contributed by atoms with Crippen LogP contribution in [0.2, 0.25) is 5.02 Å². The maximum absolute atomic E-state index is 13.6. The summed E-state index contributed by atoms with van der Waals surface area (Å²) in [6, 6.07) is 5.64. The van der Waals surface area contributed by atoms with E-state index in [0.29, 0.717) is 6.04 Å². The molecule has 1 N–H and O–H groups in total. The Kier molecular flexibility index (Phi) is 7.35. The lowest BCUT2D eigenvalue weighted by Crippen LogP contribution is -2.34. The molecule has 0 amide bonds. The molecule has 1 aliphatic rings. The number of hydrogen-bond donors (Lipinski definition) is 1. The van der Waals surface area contributed by atoms with Crippen molar-refractivity contribution in [2.75, 3.05) is 18.1 Å². The molecule has 4 heteroatoms. The molecule has 0 saturated carbocycles. The van der Waals surface area contributed by atoms with Crippen molar-refractivity contribution in [2.45, 2.75) is 45.1 Å². The molecule has 2 rings (SSSR count). The fraction of sp³-hybridized carbons (Fsp3) is 0.647. The monoisotopic (exact) mass is 329 g/mol. The standard InChI is InChI=1S/C17H25ClFNS/c1-2-7-20-15(10-13-5-8-21-9-6-13)11-14-3-4-16(18)17(19)12-14/h3-4,12-13,15,20H,2,5-11H2,1H3. The van der Waals surface area contributed by atoms with Crippen molar-refractivity contribution in [1.29, 1.82) is 0 Å². The molecule has 1 fully saturated rings. The van der Waals surface area contributed by atoms with Crippen molar-refractivity contribution in [3.05, 3.63) is 34.6 Å². The zero-order valence-corrected chi connectivity index (χ0v) is 14.3. The predicted molar refractivity (Wildman–Crippen MR) is 91.9 cm³/mol. The lowest BCUT2D eigenvalue weighted by Gasteiger charge is -2.27. The third kappa shape index (κ3) is 5.80. The van der Waals surface area contributed by atoms with E-state index in [1.54, 1.807) is 12.1 Å². The van der Waals surface area contributed by atoms with Gasteiger partial charge in [0, 0.05) is 6.04 Å². The van der Waals surface area contributed by atoms with Gasteiger partial charge in [-0.25, -0.2) is 4.39 Å². The third-order valence-electron chi connectivity index (χ3n) is 4.11. The molecular formula is C17H25ClFNS. The highest BCUT2D eigenvalue weighted by atomic mass is 35.5. The van der Waals surface area contributed by atoms with E-state index in [2.05, 4.69) is 24.0 Å². The first kappa shape index (κ1) is 17.1. The van der Waals surface area contributed by atoms with Gasteiger partial charge in [-0.3, -0.25) is 0 Å². The van der Waals surface area contributed by atoms with Crippen LogP contribution < -0.4 is 5.32 Å². The van der Waals surface area contributed by atoms with Gasteiger partial charge in [-0.1, -0.05) is 24.6 Å². The maximum atomic E-state index is 13.6. The van der Waals surface area contributed by atoms with E-state index in [9.17, 15) is 4.39 Å². The minimum absolute atomic E-state index is 0.209. The number of hydrogen-bond acceptors (Lipinski definition) is 2. The summed E-state index contributed by atoms with van der Waals surface area (Å²) in [5, 5.41) is 3.85. The van der Waals surface area contributed by atoms with Gasteiger partial charge in [-0.05, 0) is 73.8 Å². The number of thioether (sulfide) groups is 1. The fourth-order valence-corrected chi connectivity index (χ4v) is 4.24. The largest absolute Gasteiger partial charge is 0.314 e. The highest BCUT2D eigenvalue weighted by Gasteiger charge is 2.19. The van der Waals surface area contributed by atoms with Gasteiger partial charge >= 0.3 is 0 Å². The fourth-order valence-electron chi connectivity index (χ4n) is 2.92. The number of halogens is 2. The van der Waals surface area contributed by atoms with Crippen LogP contribution in [0, 0.1) is 11.7 Å². The smallest absolute Gasteiger partial charge is 0.142 e. The second-order valence-electron chi connectivity index (χ2n) is 5.90. The Labute approximate surface area is 137 Å². The van der Waals surface area contributed by atoms with Crippen LogP contribution in [0.15, 0.2) is 18.2 Å². The first-order chi connectivity index (χ1) is 10.2. The van der Waals surface area contributed by atoms with Gasteiger partial charge in [-0.2, -0.15) is 11.8 Å². The topological polar surface area (TPSA) is 12.0 Å². The second-order valence-corrected chi connectivity index (χ2v) is 7.53. The summed E-state index contributed by atoms with van der Waals surface area (Å²) in [4.78, 5) is 0. The quantitative estimate of drug-likeness (QED) is 0.761. The number of benzene rings is 1. The van der Waals surface area contributed by atoms with Gasteiger partial charge in [0.05, 0.1) is 5.02 Å². The molecule has 0 spiro atoms. The van der Waals surface area contributed by atoms with Crippen LogP contribution >= 0.6 is 23.4 Å². The van der Waals surface area contributed by atoms with E-state index in [1.165, 1.54) is 30.8 Å². The maximum Gasteiger partial charge on any atom is 0.142 e. The van der Waals surface area contributed by atoms with Crippen molar-refractivity contribution < 1.29 is 4.39 Å². The molecule has 1 aromatic rings. The molecule has 1 nitrogen and oxygen atoms in total. The molecule has 1 heterocycles. The van der Waals surface area contributed by atoms with Gasteiger partial charge in [0.1, 0.15) is 5.82 Å². The summed E-state index contributed by atoms with van der Waals surface area (Å²) >= 11 is 7.83. The van der Waals surface area contributed by atoms with Crippen molar-refractivity contribution in [3.63, 3.8) is 0 Å². The third-order valence-corrected chi connectivity index (χ3v) is 5.46. The van der Waals surface area contributed by atoms with E-state index in [-0.39, 0.29) is 10.8 Å². The van der Waals surface area contributed by atoms with E-state index in [4.69, 9.17) is 11.6 Å². The molecular weight excluding hydrogens is 305 g/mol. The lowest BCUT2D eigenvalue weighted by atomic mass is 9.91. The van der Waals surface area contributed by atoms with Crippen LogP contribution in [0.4, 0.5) is 4.39 Å². The van der Waals surface area contributed by atoms with Crippen molar-refractivity contribution in [2.24, 2.45) is 5.92 Å². The Balaban J connectivity index is 1.95. The molecule has 1 saturated heterocycles. The first-order valence-electron chi connectivity index (χ1n) is 7.94. The first-order valence-corrected chi connectivity index (χ1v) is 9.47. The van der Waals surface area contributed by atoms with Gasteiger partial charge < -0.3 is 5.32 Å². The second kappa shape index (κ2) is 9.02. The van der Waals surface area contributed by atoms with Gasteiger partial charge in [0.2, 0.25) is 0 Å². The van der Waals surface area contributed by atoms with Crippen LogP contribution in [0.5, 0.6) is 0 Å². The Morgan fingerprint density at radius 2 is 2.14 bits per heavy atom. The van der Waals surface area contributed by atoms with E-state index < -0.39 is 0 Å².